The Bertz CT molecular complexity index is 865. The van der Waals surface area contributed by atoms with Crippen LogP contribution in [0.5, 0.6) is 0 Å². The summed E-state index contributed by atoms with van der Waals surface area (Å²) in [7, 11) is 0. The number of hydrogen-bond donors (Lipinski definition) is 0. The summed E-state index contributed by atoms with van der Waals surface area (Å²) >= 11 is 5.99. The summed E-state index contributed by atoms with van der Waals surface area (Å²) in [5.74, 6) is -2.16. The van der Waals surface area contributed by atoms with E-state index in [0.29, 0.717) is 11.1 Å². The highest BCUT2D eigenvalue weighted by molar-refractivity contribution is 6.34. The van der Waals surface area contributed by atoms with Crippen molar-refractivity contribution in [3.8, 4) is 11.4 Å². The number of halogens is 4. The standard InChI is InChI=1S/C15H8ClF3N2/c1-7-4-8(2-3-10(7)17)15-20-13-6-12(19)11(18)5-9(13)14(16)21-15/h2-6H,1H3. The van der Waals surface area contributed by atoms with Gasteiger partial charge in [-0.05, 0) is 36.8 Å². The number of aromatic nitrogens is 2. The number of hydrogen-bond acceptors (Lipinski definition) is 2. The van der Waals surface area contributed by atoms with Gasteiger partial charge in [0.1, 0.15) is 11.0 Å². The minimum Gasteiger partial charge on any atom is -0.228 e. The third-order valence-electron chi connectivity index (χ3n) is 3.11. The zero-order valence-corrected chi connectivity index (χ0v) is 11.5. The Kier molecular flexibility index (Phi) is 3.29. The summed E-state index contributed by atoms with van der Waals surface area (Å²) in [6.45, 7) is 1.61. The molecule has 21 heavy (non-hydrogen) atoms. The minimum absolute atomic E-state index is 0.0101. The Morgan fingerprint density at radius 3 is 2.33 bits per heavy atom. The van der Waals surface area contributed by atoms with Gasteiger partial charge in [0.2, 0.25) is 0 Å². The quantitative estimate of drug-likeness (QED) is 0.610. The number of fused-ring (bicyclic) bond motifs is 1. The van der Waals surface area contributed by atoms with E-state index in [9.17, 15) is 13.2 Å². The molecule has 2 nitrogen and oxygen atoms in total. The predicted molar refractivity (Wildman–Crippen MR) is 74.6 cm³/mol. The van der Waals surface area contributed by atoms with Crippen LogP contribution in [0.2, 0.25) is 5.15 Å². The molecule has 0 saturated heterocycles. The Morgan fingerprint density at radius 1 is 0.905 bits per heavy atom. The maximum Gasteiger partial charge on any atom is 0.161 e. The highest BCUT2D eigenvalue weighted by Gasteiger charge is 2.12. The smallest absolute Gasteiger partial charge is 0.161 e. The van der Waals surface area contributed by atoms with Crippen molar-refractivity contribution < 1.29 is 13.2 Å². The third kappa shape index (κ3) is 2.45. The maximum absolute atomic E-state index is 13.3. The van der Waals surface area contributed by atoms with E-state index in [0.717, 1.165) is 12.1 Å². The molecule has 0 aliphatic heterocycles. The summed E-state index contributed by atoms with van der Waals surface area (Å²) in [5, 5.41) is 0.231. The Labute approximate surface area is 123 Å². The van der Waals surface area contributed by atoms with Gasteiger partial charge < -0.3 is 0 Å². The van der Waals surface area contributed by atoms with Crippen LogP contribution in [0.1, 0.15) is 5.56 Å². The average molecular weight is 309 g/mol. The number of rotatable bonds is 1. The van der Waals surface area contributed by atoms with Gasteiger partial charge in [-0.25, -0.2) is 23.1 Å². The SMILES string of the molecule is Cc1cc(-c2nc(Cl)c3cc(F)c(F)cc3n2)ccc1F. The fraction of sp³-hybridized carbons (Fsp3) is 0.0667. The van der Waals surface area contributed by atoms with Gasteiger partial charge in [-0.1, -0.05) is 11.6 Å². The first kappa shape index (κ1) is 13.8. The normalized spacial score (nSPS) is 11.1. The summed E-state index contributed by atoms with van der Waals surface area (Å²) in [5.41, 5.74) is 1.16. The van der Waals surface area contributed by atoms with E-state index in [-0.39, 0.29) is 27.7 Å². The summed E-state index contributed by atoms with van der Waals surface area (Å²) in [4.78, 5) is 8.21. The van der Waals surface area contributed by atoms with Crippen molar-refractivity contribution >= 4 is 22.5 Å². The zero-order valence-electron chi connectivity index (χ0n) is 10.8. The van der Waals surface area contributed by atoms with Crippen molar-refractivity contribution in [1.82, 2.24) is 9.97 Å². The molecule has 0 atom stereocenters. The van der Waals surface area contributed by atoms with Crippen LogP contribution in [-0.2, 0) is 0 Å². The lowest BCUT2D eigenvalue weighted by molar-refractivity contribution is 0.510. The van der Waals surface area contributed by atoms with Crippen molar-refractivity contribution in [2.24, 2.45) is 0 Å². The molecule has 3 rings (SSSR count). The van der Waals surface area contributed by atoms with Crippen molar-refractivity contribution in [2.75, 3.05) is 0 Å². The molecular formula is C15H8ClF3N2. The van der Waals surface area contributed by atoms with Crippen LogP contribution in [0.4, 0.5) is 13.2 Å². The van der Waals surface area contributed by atoms with Gasteiger partial charge in [0.25, 0.3) is 0 Å². The fourth-order valence-electron chi connectivity index (χ4n) is 2.00. The molecule has 0 radical (unpaired) electrons. The van der Waals surface area contributed by atoms with Crippen LogP contribution in [-0.4, -0.2) is 9.97 Å². The van der Waals surface area contributed by atoms with Crippen LogP contribution in [0, 0.1) is 24.4 Å². The van der Waals surface area contributed by atoms with Gasteiger partial charge >= 0.3 is 0 Å². The number of benzene rings is 2. The molecule has 1 aromatic heterocycles. The van der Waals surface area contributed by atoms with E-state index in [2.05, 4.69) is 9.97 Å². The molecule has 0 N–H and O–H groups in total. The topological polar surface area (TPSA) is 25.8 Å². The highest BCUT2D eigenvalue weighted by Crippen LogP contribution is 2.27. The molecular weight excluding hydrogens is 301 g/mol. The van der Waals surface area contributed by atoms with Crippen LogP contribution < -0.4 is 0 Å². The Balaban J connectivity index is 2.24. The van der Waals surface area contributed by atoms with Crippen molar-refractivity contribution in [2.45, 2.75) is 6.92 Å². The Morgan fingerprint density at radius 2 is 1.62 bits per heavy atom. The van der Waals surface area contributed by atoms with E-state index in [1.54, 1.807) is 13.0 Å². The largest absolute Gasteiger partial charge is 0.228 e. The van der Waals surface area contributed by atoms with Crippen LogP contribution in [0.3, 0.4) is 0 Å². The molecule has 6 heteroatoms. The van der Waals surface area contributed by atoms with Gasteiger partial charge in [0.05, 0.1) is 5.52 Å². The van der Waals surface area contributed by atoms with E-state index < -0.39 is 11.6 Å². The molecule has 106 valence electrons. The first-order valence-electron chi connectivity index (χ1n) is 6.04. The van der Waals surface area contributed by atoms with Gasteiger partial charge in [-0.15, -0.1) is 0 Å². The molecule has 3 aromatic rings. The molecule has 0 aliphatic carbocycles. The number of nitrogens with zero attached hydrogens (tertiary/aromatic N) is 2. The lowest BCUT2D eigenvalue weighted by Crippen LogP contribution is -1.95. The van der Waals surface area contributed by atoms with Gasteiger partial charge in [-0.2, -0.15) is 0 Å². The molecule has 0 aliphatic rings. The average Bonchev–Trinajstić information content (AvgIpc) is 2.44. The second-order valence-corrected chi connectivity index (χ2v) is 4.94. The second kappa shape index (κ2) is 5.00. The minimum atomic E-state index is -1.02. The number of aryl methyl sites for hydroxylation is 1. The van der Waals surface area contributed by atoms with Gasteiger partial charge in [0, 0.05) is 17.0 Å². The summed E-state index contributed by atoms with van der Waals surface area (Å²) in [6.07, 6.45) is 0. The van der Waals surface area contributed by atoms with E-state index in [1.807, 2.05) is 0 Å². The maximum atomic E-state index is 13.3. The summed E-state index contributed by atoms with van der Waals surface area (Å²) < 4.78 is 39.8. The molecule has 0 spiro atoms. The predicted octanol–water partition coefficient (Wildman–Crippen LogP) is 4.68. The second-order valence-electron chi connectivity index (χ2n) is 4.59. The van der Waals surface area contributed by atoms with Gasteiger partial charge in [-0.3, -0.25) is 0 Å². The summed E-state index contributed by atoms with van der Waals surface area (Å²) in [6, 6.07) is 6.26. The van der Waals surface area contributed by atoms with Crippen LogP contribution in [0.15, 0.2) is 30.3 Å². The van der Waals surface area contributed by atoms with Gasteiger partial charge in [0.15, 0.2) is 17.5 Å². The van der Waals surface area contributed by atoms with Crippen LogP contribution in [0.25, 0.3) is 22.3 Å². The molecule has 2 aromatic carbocycles. The molecule has 0 amide bonds. The molecule has 0 unspecified atom stereocenters. The lowest BCUT2D eigenvalue weighted by atomic mass is 10.1. The fourth-order valence-corrected chi connectivity index (χ4v) is 2.23. The lowest BCUT2D eigenvalue weighted by Gasteiger charge is -2.06. The molecule has 0 fully saturated rings. The van der Waals surface area contributed by atoms with E-state index in [4.69, 9.17) is 11.6 Å². The first-order chi connectivity index (χ1) is 9.95. The van der Waals surface area contributed by atoms with E-state index in [1.165, 1.54) is 12.1 Å². The molecule has 1 heterocycles. The van der Waals surface area contributed by atoms with Crippen LogP contribution >= 0.6 is 11.6 Å². The first-order valence-corrected chi connectivity index (χ1v) is 6.42. The van der Waals surface area contributed by atoms with E-state index >= 15 is 0 Å². The van der Waals surface area contributed by atoms with Crippen molar-refractivity contribution in [1.29, 1.82) is 0 Å². The van der Waals surface area contributed by atoms with Crippen molar-refractivity contribution in [3.05, 3.63) is 58.5 Å². The molecule has 0 saturated carbocycles. The third-order valence-corrected chi connectivity index (χ3v) is 3.40. The van der Waals surface area contributed by atoms with Crippen molar-refractivity contribution in [3.63, 3.8) is 0 Å². The Hall–Kier alpha value is -2.14. The monoisotopic (exact) mass is 308 g/mol. The molecule has 0 bridgehead atoms. The zero-order chi connectivity index (χ0) is 15.1. The highest BCUT2D eigenvalue weighted by atomic mass is 35.5.